The molecule has 0 aliphatic rings. The highest BCUT2D eigenvalue weighted by molar-refractivity contribution is 7.89. The molecule has 0 spiro atoms. The first kappa shape index (κ1) is 16.9. The van der Waals surface area contributed by atoms with Gasteiger partial charge in [-0.1, -0.05) is 18.2 Å². The van der Waals surface area contributed by atoms with Gasteiger partial charge in [-0.15, -0.1) is 4.83 Å². The summed E-state index contributed by atoms with van der Waals surface area (Å²) in [6.45, 7) is 4.14. The number of amides is 1. The number of allylic oxidation sites excluding steroid dienone is 3. The van der Waals surface area contributed by atoms with Crippen molar-refractivity contribution >= 4 is 15.9 Å². The molecule has 0 atom stereocenters. The summed E-state index contributed by atoms with van der Waals surface area (Å²) in [6, 6.07) is 5.89. The first-order valence-electron chi connectivity index (χ1n) is 6.33. The lowest BCUT2D eigenvalue weighted by atomic mass is 10.3. The fourth-order valence-corrected chi connectivity index (χ4v) is 2.20. The second-order valence-corrected chi connectivity index (χ2v) is 5.57. The van der Waals surface area contributed by atoms with Gasteiger partial charge in [-0.25, -0.2) is 8.42 Å². The minimum Gasteiger partial charge on any atom is -0.494 e. The van der Waals surface area contributed by atoms with Crippen molar-refractivity contribution in [2.75, 3.05) is 6.61 Å². The highest BCUT2D eigenvalue weighted by Crippen LogP contribution is 2.15. The lowest BCUT2D eigenvalue weighted by Crippen LogP contribution is -2.40. The molecule has 0 unspecified atom stereocenters. The molecule has 114 valence electrons. The van der Waals surface area contributed by atoms with Crippen LogP contribution in [0, 0.1) is 0 Å². The molecule has 1 aromatic rings. The molecule has 21 heavy (non-hydrogen) atoms. The Hall–Kier alpha value is -2.12. The first-order chi connectivity index (χ1) is 9.99. The molecule has 1 amide bonds. The van der Waals surface area contributed by atoms with Gasteiger partial charge in [-0.2, -0.15) is 0 Å². The van der Waals surface area contributed by atoms with E-state index in [1.807, 2.05) is 11.8 Å². The molecule has 1 aromatic carbocycles. The Bertz CT molecular complexity index is 619. The van der Waals surface area contributed by atoms with Crippen molar-refractivity contribution in [1.82, 2.24) is 10.3 Å². The van der Waals surface area contributed by atoms with Crippen molar-refractivity contribution in [2.45, 2.75) is 18.7 Å². The molecule has 0 saturated carbocycles. The van der Waals surface area contributed by atoms with Crippen LogP contribution in [-0.2, 0) is 14.8 Å². The number of hydrazine groups is 1. The summed E-state index contributed by atoms with van der Waals surface area (Å²) in [5.41, 5.74) is 2.09. The molecule has 0 fully saturated rings. The van der Waals surface area contributed by atoms with E-state index in [9.17, 15) is 13.2 Å². The van der Waals surface area contributed by atoms with E-state index >= 15 is 0 Å². The molecule has 6 nitrogen and oxygen atoms in total. The quantitative estimate of drug-likeness (QED) is 0.454. The minimum absolute atomic E-state index is 0.0312. The molecule has 0 aliphatic heterocycles. The number of hydrogen-bond donors (Lipinski definition) is 2. The standard InChI is InChI=1S/C14H18N2O4S/c1-3-5-6-7-14(17)15-16-21(18,19)13-10-8-12(9-11-13)20-4-2/h3,5-11,16H,4H2,1-2H3,(H,15,17)/b5-3+,7-6+. The van der Waals surface area contributed by atoms with E-state index < -0.39 is 15.9 Å². The predicted octanol–water partition coefficient (Wildman–Crippen LogP) is 1.53. The van der Waals surface area contributed by atoms with Crippen molar-refractivity contribution < 1.29 is 17.9 Å². The normalized spacial score (nSPS) is 11.9. The third-order valence-electron chi connectivity index (χ3n) is 2.30. The Morgan fingerprint density at radius 1 is 1.24 bits per heavy atom. The number of rotatable bonds is 7. The summed E-state index contributed by atoms with van der Waals surface area (Å²) >= 11 is 0. The van der Waals surface area contributed by atoms with Gasteiger partial charge in [0.1, 0.15) is 5.75 Å². The largest absolute Gasteiger partial charge is 0.494 e. The van der Waals surface area contributed by atoms with E-state index in [1.165, 1.54) is 24.3 Å². The van der Waals surface area contributed by atoms with Crippen molar-refractivity contribution in [3.05, 3.63) is 48.6 Å². The van der Waals surface area contributed by atoms with E-state index in [0.717, 1.165) is 0 Å². The molecule has 2 N–H and O–H groups in total. The monoisotopic (exact) mass is 310 g/mol. The van der Waals surface area contributed by atoms with Gasteiger partial charge in [0.2, 0.25) is 0 Å². The highest BCUT2D eigenvalue weighted by Gasteiger charge is 2.14. The van der Waals surface area contributed by atoms with Crippen LogP contribution in [0.1, 0.15) is 13.8 Å². The average Bonchev–Trinajstić information content (AvgIpc) is 2.46. The molecule has 7 heteroatoms. The third-order valence-corrected chi connectivity index (χ3v) is 3.57. The summed E-state index contributed by atoms with van der Waals surface area (Å²) in [4.78, 5) is 13.4. The van der Waals surface area contributed by atoms with Crippen molar-refractivity contribution in [3.63, 3.8) is 0 Å². The molecule has 0 radical (unpaired) electrons. The smallest absolute Gasteiger partial charge is 0.258 e. The van der Waals surface area contributed by atoms with Crippen LogP contribution in [0.25, 0.3) is 0 Å². The maximum absolute atomic E-state index is 11.9. The number of nitrogens with one attached hydrogen (secondary N) is 2. The predicted molar refractivity (Wildman–Crippen MR) is 80.0 cm³/mol. The van der Waals surface area contributed by atoms with Crippen LogP contribution in [0.5, 0.6) is 5.75 Å². The van der Waals surface area contributed by atoms with Crippen LogP contribution in [0.4, 0.5) is 0 Å². The molecule has 0 heterocycles. The zero-order valence-electron chi connectivity index (χ0n) is 11.9. The lowest BCUT2D eigenvalue weighted by Gasteiger charge is -2.08. The van der Waals surface area contributed by atoms with Crippen LogP contribution >= 0.6 is 0 Å². The highest BCUT2D eigenvalue weighted by atomic mass is 32.2. The topological polar surface area (TPSA) is 84.5 Å². The molecule has 0 saturated heterocycles. The van der Waals surface area contributed by atoms with Gasteiger partial charge < -0.3 is 4.74 Å². The molecule has 0 aliphatic carbocycles. The summed E-state index contributed by atoms with van der Waals surface area (Å²) < 4.78 is 29.1. The Kier molecular flexibility index (Phi) is 6.64. The van der Waals surface area contributed by atoms with E-state index in [2.05, 4.69) is 5.43 Å². The maximum atomic E-state index is 11.9. The van der Waals surface area contributed by atoms with Crippen molar-refractivity contribution in [1.29, 1.82) is 0 Å². The average molecular weight is 310 g/mol. The lowest BCUT2D eigenvalue weighted by molar-refractivity contribution is -0.116. The Labute approximate surface area is 124 Å². The Morgan fingerprint density at radius 3 is 2.48 bits per heavy atom. The van der Waals surface area contributed by atoms with Gasteiger partial charge in [-0.05, 0) is 38.1 Å². The molecular formula is C14H18N2O4S. The van der Waals surface area contributed by atoms with Gasteiger partial charge in [-0.3, -0.25) is 10.2 Å². The van der Waals surface area contributed by atoms with Crippen molar-refractivity contribution in [3.8, 4) is 5.75 Å². The van der Waals surface area contributed by atoms with E-state index in [-0.39, 0.29) is 4.90 Å². The fourth-order valence-electron chi connectivity index (χ4n) is 1.35. The number of carbonyl (C=O) groups is 1. The summed E-state index contributed by atoms with van der Waals surface area (Å²) in [6.07, 6.45) is 6.11. The van der Waals surface area contributed by atoms with E-state index in [1.54, 1.807) is 31.2 Å². The number of carbonyl (C=O) groups excluding carboxylic acids is 1. The first-order valence-corrected chi connectivity index (χ1v) is 7.82. The van der Waals surface area contributed by atoms with Crippen LogP contribution in [-0.4, -0.2) is 20.9 Å². The van der Waals surface area contributed by atoms with Crippen LogP contribution in [0.3, 0.4) is 0 Å². The zero-order chi connectivity index (χ0) is 15.7. The van der Waals surface area contributed by atoms with Gasteiger partial charge in [0.05, 0.1) is 11.5 Å². The molecule has 0 aromatic heterocycles. The van der Waals surface area contributed by atoms with Gasteiger partial charge in [0.15, 0.2) is 0 Å². The molecule has 1 rings (SSSR count). The second kappa shape index (κ2) is 8.23. The number of ether oxygens (including phenoxy) is 1. The fraction of sp³-hybridized carbons (Fsp3) is 0.214. The summed E-state index contributed by atoms with van der Waals surface area (Å²) in [5.74, 6) is 0.0115. The van der Waals surface area contributed by atoms with Crippen LogP contribution < -0.4 is 15.0 Å². The minimum atomic E-state index is -3.81. The van der Waals surface area contributed by atoms with Gasteiger partial charge in [0.25, 0.3) is 15.9 Å². The van der Waals surface area contributed by atoms with E-state index in [4.69, 9.17) is 4.74 Å². The second-order valence-electron chi connectivity index (χ2n) is 3.88. The summed E-state index contributed by atoms with van der Waals surface area (Å²) in [7, 11) is -3.81. The summed E-state index contributed by atoms with van der Waals surface area (Å²) in [5, 5.41) is 0. The zero-order valence-corrected chi connectivity index (χ0v) is 12.7. The SMILES string of the molecule is C/C=C/C=C/C(=O)NNS(=O)(=O)c1ccc(OCC)cc1. The number of hydrogen-bond acceptors (Lipinski definition) is 4. The Balaban J connectivity index is 2.66. The molecule has 0 bridgehead atoms. The number of benzene rings is 1. The molecular weight excluding hydrogens is 292 g/mol. The van der Waals surface area contributed by atoms with Crippen molar-refractivity contribution in [2.24, 2.45) is 0 Å². The maximum Gasteiger partial charge on any atom is 0.258 e. The third kappa shape index (κ3) is 5.80. The van der Waals surface area contributed by atoms with E-state index in [0.29, 0.717) is 12.4 Å². The number of sulfonamides is 1. The van der Waals surface area contributed by atoms with Crippen LogP contribution in [0.15, 0.2) is 53.5 Å². The van der Waals surface area contributed by atoms with Gasteiger partial charge >= 0.3 is 0 Å². The van der Waals surface area contributed by atoms with Crippen LogP contribution in [0.2, 0.25) is 0 Å². The Morgan fingerprint density at radius 2 is 1.90 bits per heavy atom. The van der Waals surface area contributed by atoms with Gasteiger partial charge in [0, 0.05) is 6.08 Å².